The molecule has 2 N–H and O–H groups in total. The van der Waals surface area contributed by atoms with Crippen LogP contribution in [0, 0.1) is 0 Å². The Hall–Kier alpha value is -2.82. The van der Waals surface area contributed by atoms with E-state index in [1.807, 2.05) is 12.1 Å². The maximum Gasteiger partial charge on any atom is 0.251 e. The standard InChI is InChI=1S/C20H24N2O3/c1-13(2)16-5-6-17(19(11-16)25-4)12-21-20(24)15-7-9-18(10-8-15)22-14(3)23/h5-11,13H,12H2,1-4H3,(H,21,24)(H,22,23). The maximum absolute atomic E-state index is 12.3. The predicted octanol–water partition coefficient (Wildman–Crippen LogP) is 3.71. The van der Waals surface area contributed by atoms with Gasteiger partial charge in [-0.25, -0.2) is 0 Å². The van der Waals surface area contributed by atoms with E-state index in [0.717, 1.165) is 11.3 Å². The van der Waals surface area contributed by atoms with Crippen LogP contribution in [0.2, 0.25) is 0 Å². The van der Waals surface area contributed by atoms with Gasteiger partial charge >= 0.3 is 0 Å². The van der Waals surface area contributed by atoms with Gasteiger partial charge in [-0.1, -0.05) is 26.0 Å². The highest BCUT2D eigenvalue weighted by molar-refractivity contribution is 5.95. The predicted molar refractivity (Wildman–Crippen MR) is 99.0 cm³/mol. The average molecular weight is 340 g/mol. The van der Waals surface area contributed by atoms with Crippen LogP contribution < -0.4 is 15.4 Å². The fraction of sp³-hybridized carbons (Fsp3) is 0.300. The number of hydrogen-bond donors (Lipinski definition) is 2. The van der Waals surface area contributed by atoms with Gasteiger partial charge in [-0.15, -0.1) is 0 Å². The van der Waals surface area contributed by atoms with Crippen molar-refractivity contribution in [2.24, 2.45) is 0 Å². The molecule has 0 aromatic heterocycles. The molecule has 2 amide bonds. The van der Waals surface area contributed by atoms with Gasteiger partial charge in [0.25, 0.3) is 5.91 Å². The minimum Gasteiger partial charge on any atom is -0.496 e. The quantitative estimate of drug-likeness (QED) is 0.842. The Morgan fingerprint density at radius 3 is 2.32 bits per heavy atom. The Kier molecular flexibility index (Phi) is 6.17. The summed E-state index contributed by atoms with van der Waals surface area (Å²) < 4.78 is 5.44. The van der Waals surface area contributed by atoms with Crippen LogP contribution in [0.5, 0.6) is 5.75 Å². The third kappa shape index (κ3) is 5.08. The Morgan fingerprint density at radius 2 is 1.76 bits per heavy atom. The molecule has 25 heavy (non-hydrogen) atoms. The molecule has 0 heterocycles. The number of carbonyl (C=O) groups excluding carboxylic acids is 2. The monoisotopic (exact) mass is 340 g/mol. The second-order valence-electron chi connectivity index (χ2n) is 6.17. The minimum absolute atomic E-state index is 0.144. The van der Waals surface area contributed by atoms with E-state index in [9.17, 15) is 9.59 Å². The summed E-state index contributed by atoms with van der Waals surface area (Å²) >= 11 is 0. The Balaban J connectivity index is 2.03. The molecular weight excluding hydrogens is 316 g/mol. The summed E-state index contributed by atoms with van der Waals surface area (Å²) in [5, 5.41) is 5.56. The molecule has 0 bridgehead atoms. The molecule has 0 aliphatic heterocycles. The molecule has 0 atom stereocenters. The van der Waals surface area contributed by atoms with E-state index in [4.69, 9.17) is 4.74 Å². The number of ether oxygens (including phenoxy) is 1. The van der Waals surface area contributed by atoms with Crippen LogP contribution >= 0.6 is 0 Å². The highest BCUT2D eigenvalue weighted by Crippen LogP contribution is 2.24. The summed E-state index contributed by atoms with van der Waals surface area (Å²) in [5.74, 6) is 0.866. The number of amides is 2. The Morgan fingerprint density at radius 1 is 1.08 bits per heavy atom. The third-order valence-corrected chi connectivity index (χ3v) is 3.88. The van der Waals surface area contributed by atoms with Crippen LogP contribution in [0.25, 0.3) is 0 Å². The molecule has 0 saturated heterocycles. The smallest absolute Gasteiger partial charge is 0.251 e. The first kappa shape index (κ1) is 18.5. The van der Waals surface area contributed by atoms with Crippen molar-refractivity contribution < 1.29 is 14.3 Å². The average Bonchev–Trinajstić information content (AvgIpc) is 2.59. The summed E-state index contributed by atoms with van der Waals surface area (Å²) in [6.45, 7) is 6.08. The Bertz CT molecular complexity index is 752. The summed E-state index contributed by atoms with van der Waals surface area (Å²) in [5.41, 5.74) is 3.32. The zero-order valence-electron chi connectivity index (χ0n) is 15.1. The van der Waals surface area contributed by atoms with Crippen LogP contribution in [0.15, 0.2) is 42.5 Å². The SMILES string of the molecule is COc1cc(C(C)C)ccc1CNC(=O)c1ccc(NC(C)=O)cc1. The van der Waals surface area contributed by atoms with Crippen molar-refractivity contribution in [3.05, 3.63) is 59.2 Å². The van der Waals surface area contributed by atoms with E-state index in [2.05, 4.69) is 30.5 Å². The van der Waals surface area contributed by atoms with E-state index in [1.54, 1.807) is 31.4 Å². The topological polar surface area (TPSA) is 67.4 Å². The Labute approximate surface area is 148 Å². The second kappa shape index (κ2) is 8.33. The van der Waals surface area contributed by atoms with Crippen LogP contribution in [0.1, 0.15) is 48.2 Å². The highest BCUT2D eigenvalue weighted by Gasteiger charge is 2.10. The number of anilines is 1. The van der Waals surface area contributed by atoms with Crippen molar-refractivity contribution in [1.82, 2.24) is 5.32 Å². The lowest BCUT2D eigenvalue weighted by molar-refractivity contribution is -0.114. The van der Waals surface area contributed by atoms with Gasteiger partial charge in [0.15, 0.2) is 0 Å². The van der Waals surface area contributed by atoms with E-state index in [0.29, 0.717) is 23.7 Å². The van der Waals surface area contributed by atoms with Crippen LogP contribution in [0.3, 0.4) is 0 Å². The molecule has 132 valence electrons. The van der Waals surface area contributed by atoms with Crippen LogP contribution in [0.4, 0.5) is 5.69 Å². The van der Waals surface area contributed by atoms with Gasteiger partial charge in [-0.2, -0.15) is 0 Å². The van der Waals surface area contributed by atoms with Gasteiger partial charge in [0.2, 0.25) is 5.91 Å². The molecule has 0 saturated carbocycles. The second-order valence-corrected chi connectivity index (χ2v) is 6.17. The van der Waals surface area contributed by atoms with Gasteiger partial charge in [-0.05, 0) is 41.8 Å². The van der Waals surface area contributed by atoms with Gasteiger partial charge in [-0.3, -0.25) is 9.59 Å². The molecular formula is C20H24N2O3. The molecule has 5 heteroatoms. The zero-order valence-corrected chi connectivity index (χ0v) is 15.1. The van der Waals surface area contributed by atoms with Crippen molar-refractivity contribution in [3.63, 3.8) is 0 Å². The normalized spacial score (nSPS) is 10.4. The molecule has 5 nitrogen and oxygen atoms in total. The lowest BCUT2D eigenvalue weighted by Crippen LogP contribution is -2.23. The summed E-state index contributed by atoms with van der Waals surface area (Å²) in [6, 6.07) is 12.8. The van der Waals surface area contributed by atoms with Crippen molar-refractivity contribution in [3.8, 4) is 5.75 Å². The first-order chi connectivity index (χ1) is 11.9. The molecule has 0 spiro atoms. The summed E-state index contributed by atoms with van der Waals surface area (Å²) in [6.07, 6.45) is 0. The van der Waals surface area contributed by atoms with Crippen LogP contribution in [-0.2, 0) is 11.3 Å². The maximum atomic E-state index is 12.3. The number of nitrogens with one attached hydrogen (secondary N) is 2. The van der Waals surface area contributed by atoms with Crippen LogP contribution in [-0.4, -0.2) is 18.9 Å². The largest absolute Gasteiger partial charge is 0.496 e. The minimum atomic E-state index is -0.177. The number of hydrogen-bond acceptors (Lipinski definition) is 3. The molecule has 0 aliphatic rings. The molecule has 0 fully saturated rings. The summed E-state index contributed by atoms with van der Waals surface area (Å²) in [7, 11) is 1.63. The molecule has 2 rings (SSSR count). The number of rotatable bonds is 6. The van der Waals surface area contributed by atoms with Crippen molar-refractivity contribution in [2.75, 3.05) is 12.4 Å². The zero-order chi connectivity index (χ0) is 18.4. The third-order valence-electron chi connectivity index (χ3n) is 3.88. The number of carbonyl (C=O) groups is 2. The lowest BCUT2D eigenvalue weighted by Gasteiger charge is -2.13. The van der Waals surface area contributed by atoms with E-state index < -0.39 is 0 Å². The molecule has 0 unspecified atom stereocenters. The van der Waals surface area contributed by atoms with Gasteiger partial charge < -0.3 is 15.4 Å². The molecule has 0 aliphatic carbocycles. The van der Waals surface area contributed by atoms with Gasteiger partial charge in [0.05, 0.1) is 7.11 Å². The molecule has 2 aromatic rings. The number of benzene rings is 2. The highest BCUT2D eigenvalue weighted by atomic mass is 16.5. The van der Waals surface area contributed by atoms with Crippen molar-refractivity contribution >= 4 is 17.5 Å². The number of methoxy groups -OCH3 is 1. The lowest BCUT2D eigenvalue weighted by atomic mass is 10.0. The van der Waals surface area contributed by atoms with Crippen molar-refractivity contribution in [2.45, 2.75) is 33.2 Å². The van der Waals surface area contributed by atoms with Crippen molar-refractivity contribution in [1.29, 1.82) is 0 Å². The van der Waals surface area contributed by atoms with E-state index >= 15 is 0 Å². The summed E-state index contributed by atoms with van der Waals surface area (Å²) in [4.78, 5) is 23.3. The van der Waals surface area contributed by atoms with Gasteiger partial charge in [0, 0.05) is 30.3 Å². The molecule has 0 radical (unpaired) electrons. The fourth-order valence-electron chi connectivity index (χ4n) is 2.45. The van der Waals surface area contributed by atoms with E-state index in [-0.39, 0.29) is 11.8 Å². The first-order valence-corrected chi connectivity index (χ1v) is 8.23. The fourth-order valence-corrected chi connectivity index (χ4v) is 2.45. The first-order valence-electron chi connectivity index (χ1n) is 8.23. The van der Waals surface area contributed by atoms with E-state index in [1.165, 1.54) is 12.5 Å². The van der Waals surface area contributed by atoms with Gasteiger partial charge in [0.1, 0.15) is 5.75 Å². The molecule has 2 aromatic carbocycles.